The number of carbonyl (C=O) groups excluding carboxylic acids is 1. The first-order chi connectivity index (χ1) is 15.1. The standard InChI is InChI=1S/C23H26N4O3S/c1-14-24-21(20-17-5-4-6-19(17)31-22(20)25-14)26-9-11-27(12-10-26)23(28)16-8-7-15(29-2)13-18(16)30-3/h7-8,13H,4-6,9-12H2,1-3H3. The van der Waals surface area contributed by atoms with Gasteiger partial charge in [0.05, 0.1) is 25.2 Å². The van der Waals surface area contributed by atoms with E-state index in [0.717, 1.165) is 42.4 Å². The molecular weight excluding hydrogens is 412 g/mol. The van der Waals surface area contributed by atoms with E-state index in [4.69, 9.17) is 19.4 Å². The second-order valence-electron chi connectivity index (χ2n) is 7.98. The van der Waals surface area contributed by atoms with Crippen LogP contribution in [0, 0.1) is 6.92 Å². The molecule has 5 rings (SSSR count). The zero-order valence-corrected chi connectivity index (χ0v) is 18.9. The Kier molecular flexibility index (Phi) is 5.17. The Hall–Kier alpha value is -2.87. The number of aromatic nitrogens is 2. The SMILES string of the molecule is COc1ccc(C(=O)N2CCN(c3nc(C)nc4sc5c(c34)CCC5)CC2)c(OC)c1. The number of hydrogen-bond acceptors (Lipinski definition) is 7. The minimum Gasteiger partial charge on any atom is -0.497 e. The van der Waals surface area contributed by atoms with Crippen LogP contribution in [0.25, 0.3) is 10.2 Å². The van der Waals surface area contributed by atoms with Crippen molar-refractivity contribution < 1.29 is 14.3 Å². The number of nitrogens with zero attached hydrogens (tertiary/aromatic N) is 4. The molecule has 1 aliphatic heterocycles. The molecule has 0 N–H and O–H groups in total. The number of hydrogen-bond donors (Lipinski definition) is 0. The number of methoxy groups -OCH3 is 2. The molecule has 1 aliphatic carbocycles. The highest BCUT2D eigenvalue weighted by atomic mass is 32.1. The van der Waals surface area contributed by atoms with Crippen LogP contribution in [0.3, 0.4) is 0 Å². The van der Waals surface area contributed by atoms with E-state index in [0.29, 0.717) is 30.2 Å². The summed E-state index contributed by atoms with van der Waals surface area (Å²) in [5, 5.41) is 1.24. The summed E-state index contributed by atoms with van der Waals surface area (Å²) in [5.41, 5.74) is 2.00. The molecule has 31 heavy (non-hydrogen) atoms. The van der Waals surface area contributed by atoms with Crippen LogP contribution in [0.2, 0.25) is 0 Å². The predicted molar refractivity (Wildman–Crippen MR) is 122 cm³/mol. The summed E-state index contributed by atoms with van der Waals surface area (Å²) in [4.78, 5) is 29.5. The van der Waals surface area contributed by atoms with E-state index in [9.17, 15) is 4.79 Å². The molecule has 2 aromatic heterocycles. The lowest BCUT2D eigenvalue weighted by Crippen LogP contribution is -2.49. The summed E-state index contributed by atoms with van der Waals surface area (Å²) in [6.07, 6.45) is 3.49. The van der Waals surface area contributed by atoms with Crippen molar-refractivity contribution >= 4 is 33.3 Å². The highest BCUT2D eigenvalue weighted by Crippen LogP contribution is 2.40. The molecular formula is C23H26N4O3S. The molecule has 1 aromatic carbocycles. The van der Waals surface area contributed by atoms with Crippen LogP contribution in [0.5, 0.6) is 11.5 Å². The van der Waals surface area contributed by atoms with E-state index < -0.39 is 0 Å². The van der Waals surface area contributed by atoms with Gasteiger partial charge in [-0.1, -0.05) is 0 Å². The van der Waals surface area contributed by atoms with E-state index in [-0.39, 0.29) is 5.91 Å². The molecule has 3 heterocycles. The molecule has 0 unspecified atom stereocenters. The van der Waals surface area contributed by atoms with Crippen molar-refractivity contribution in [3.05, 3.63) is 40.0 Å². The normalized spacial score (nSPS) is 16.0. The minimum absolute atomic E-state index is 0.0143. The average molecular weight is 439 g/mol. The molecule has 1 fully saturated rings. The lowest BCUT2D eigenvalue weighted by Gasteiger charge is -2.36. The fraction of sp³-hybridized carbons (Fsp3) is 0.435. The quantitative estimate of drug-likeness (QED) is 0.621. The molecule has 0 radical (unpaired) electrons. The Bertz CT molecular complexity index is 1150. The zero-order valence-electron chi connectivity index (χ0n) is 18.1. The summed E-state index contributed by atoms with van der Waals surface area (Å²) < 4.78 is 10.7. The van der Waals surface area contributed by atoms with Crippen molar-refractivity contribution in [3.8, 4) is 11.5 Å². The van der Waals surface area contributed by atoms with E-state index in [1.54, 1.807) is 32.4 Å². The summed E-state index contributed by atoms with van der Waals surface area (Å²) in [6, 6.07) is 5.32. The summed E-state index contributed by atoms with van der Waals surface area (Å²) >= 11 is 1.82. The second kappa shape index (κ2) is 8.00. The number of carbonyl (C=O) groups is 1. The van der Waals surface area contributed by atoms with Crippen LogP contribution in [0.4, 0.5) is 5.82 Å². The Morgan fingerprint density at radius 1 is 1.06 bits per heavy atom. The van der Waals surface area contributed by atoms with Gasteiger partial charge < -0.3 is 19.3 Å². The van der Waals surface area contributed by atoms with Crippen molar-refractivity contribution in [2.75, 3.05) is 45.3 Å². The number of thiophene rings is 1. The van der Waals surface area contributed by atoms with Crippen molar-refractivity contribution in [3.63, 3.8) is 0 Å². The molecule has 0 atom stereocenters. The van der Waals surface area contributed by atoms with Gasteiger partial charge in [0, 0.05) is 37.1 Å². The van der Waals surface area contributed by atoms with Gasteiger partial charge in [-0.2, -0.15) is 0 Å². The topological polar surface area (TPSA) is 67.8 Å². The van der Waals surface area contributed by atoms with Crippen LogP contribution in [-0.2, 0) is 12.8 Å². The molecule has 1 amide bonds. The van der Waals surface area contributed by atoms with Crippen LogP contribution >= 0.6 is 11.3 Å². The number of rotatable bonds is 4. The van der Waals surface area contributed by atoms with Gasteiger partial charge in [-0.05, 0) is 43.9 Å². The van der Waals surface area contributed by atoms with Crippen LogP contribution in [-0.4, -0.2) is 61.2 Å². The van der Waals surface area contributed by atoms with Gasteiger partial charge >= 0.3 is 0 Å². The molecule has 8 heteroatoms. The van der Waals surface area contributed by atoms with Gasteiger partial charge in [-0.25, -0.2) is 9.97 Å². The Labute approximate surface area is 185 Å². The predicted octanol–water partition coefficient (Wildman–Crippen LogP) is 3.47. The lowest BCUT2D eigenvalue weighted by molar-refractivity contribution is 0.0743. The van der Waals surface area contributed by atoms with Crippen LogP contribution < -0.4 is 14.4 Å². The maximum atomic E-state index is 13.2. The zero-order chi connectivity index (χ0) is 21.5. The third-order valence-electron chi connectivity index (χ3n) is 6.16. The van der Waals surface area contributed by atoms with Gasteiger partial charge in [0.1, 0.15) is 28.0 Å². The largest absolute Gasteiger partial charge is 0.497 e. The maximum absolute atomic E-state index is 13.2. The number of ether oxygens (including phenoxy) is 2. The number of fused-ring (bicyclic) bond motifs is 3. The van der Waals surface area contributed by atoms with E-state index in [2.05, 4.69) is 4.90 Å². The fourth-order valence-electron chi connectivity index (χ4n) is 4.58. The van der Waals surface area contributed by atoms with Crippen LogP contribution in [0.1, 0.15) is 33.0 Å². The molecule has 1 saturated heterocycles. The fourth-order valence-corrected chi connectivity index (χ4v) is 5.88. The van der Waals surface area contributed by atoms with Crippen molar-refractivity contribution in [1.82, 2.24) is 14.9 Å². The molecule has 7 nitrogen and oxygen atoms in total. The van der Waals surface area contributed by atoms with Gasteiger partial charge in [0.15, 0.2) is 0 Å². The van der Waals surface area contributed by atoms with Gasteiger partial charge in [0.2, 0.25) is 0 Å². The van der Waals surface area contributed by atoms with E-state index in [1.165, 1.54) is 22.2 Å². The van der Waals surface area contributed by atoms with E-state index in [1.807, 2.05) is 23.2 Å². The molecule has 2 aliphatic rings. The van der Waals surface area contributed by atoms with Gasteiger partial charge in [0.25, 0.3) is 5.91 Å². The number of anilines is 1. The lowest BCUT2D eigenvalue weighted by atomic mass is 10.1. The second-order valence-corrected chi connectivity index (χ2v) is 9.06. The Balaban J connectivity index is 1.37. The van der Waals surface area contributed by atoms with Gasteiger partial charge in [-0.3, -0.25) is 4.79 Å². The van der Waals surface area contributed by atoms with E-state index >= 15 is 0 Å². The highest BCUT2D eigenvalue weighted by molar-refractivity contribution is 7.19. The minimum atomic E-state index is -0.0143. The third kappa shape index (κ3) is 3.48. The average Bonchev–Trinajstić information content (AvgIpc) is 3.38. The van der Waals surface area contributed by atoms with Crippen molar-refractivity contribution in [1.29, 1.82) is 0 Å². The highest BCUT2D eigenvalue weighted by Gasteiger charge is 2.29. The number of aryl methyl sites for hydroxylation is 3. The Morgan fingerprint density at radius 2 is 1.87 bits per heavy atom. The number of amides is 1. The molecule has 3 aromatic rings. The Morgan fingerprint density at radius 3 is 2.61 bits per heavy atom. The molecule has 0 saturated carbocycles. The third-order valence-corrected chi connectivity index (χ3v) is 7.35. The van der Waals surface area contributed by atoms with Crippen molar-refractivity contribution in [2.24, 2.45) is 0 Å². The summed E-state index contributed by atoms with van der Waals surface area (Å²) in [5.74, 6) is 3.04. The van der Waals surface area contributed by atoms with Crippen molar-refractivity contribution in [2.45, 2.75) is 26.2 Å². The summed E-state index contributed by atoms with van der Waals surface area (Å²) in [6.45, 7) is 4.75. The monoisotopic (exact) mass is 438 g/mol. The first-order valence-electron chi connectivity index (χ1n) is 10.6. The molecule has 0 spiro atoms. The number of piperazine rings is 1. The first-order valence-corrected chi connectivity index (χ1v) is 11.5. The van der Waals surface area contributed by atoms with Gasteiger partial charge in [-0.15, -0.1) is 11.3 Å². The smallest absolute Gasteiger partial charge is 0.257 e. The molecule has 162 valence electrons. The number of benzene rings is 1. The molecule has 0 bridgehead atoms. The maximum Gasteiger partial charge on any atom is 0.257 e. The van der Waals surface area contributed by atoms with Crippen LogP contribution in [0.15, 0.2) is 18.2 Å². The summed E-state index contributed by atoms with van der Waals surface area (Å²) in [7, 11) is 3.18. The first kappa shape index (κ1) is 20.1.